The summed E-state index contributed by atoms with van der Waals surface area (Å²) in [6.07, 6.45) is 3.26. The maximum absolute atomic E-state index is 11.6. The minimum atomic E-state index is -3.20. The fourth-order valence-electron chi connectivity index (χ4n) is 2.86. The lowest BCUT2D eigenvalue weighted by atomic mass is 10.3. The van der Waals surface area contributed by atoms with Crippen LogP contribution in [-0.2, 0) is 14.6 Å². The van der Waals surface area contributed by atoms with Crippen molar-refractivity contribution in [2.75, 3.05) is 46.2 Å². The van der Waals surface area contributed by atoms with E-state index in [9.17, 15) is 8.42 Å². The lowest BCUT2D eigenvalue weighted by molar-refractivity contribution is 0.0676. The van der Waals surface area contributed by atoms with Crippen molar-refractivity contribution >= 4 is 27.3 Å². The van der Waals surface area contributed by atoms with Crippen molar-refractivity contribution in [3.05, 3.63) is 24.3 Å². The molecule has 2 aliphatic rings. The predicted molar refractivity (Wildman–Crippen MR) is 98.3 cm³/mol. The molecule has 2 saturated heterocycles. The number of rotatable bonds is 2. The summed E-state index contributed by atoms with van der Waals surface area (Å²) >= 11 is 0. The molecule has 0 aliphatic carbocycles. The third kappa shape index (κ3) is 4.58. The molecule has 0 amide bonds. The van der Waals surface area contributed by atoms with Gasteiger partial charge in [0.15, 0.2) is 9.84 Å². The quantitative estimate of drug-likeness (QED) is 0.588. The van der Waals surface area contributed by atoms with Crippen LogP contribution < -0.4 is 0 Å². The van der Waals surface area contributed by atoms with Crippen LogP contribution in [0.4, 0.5) is 5.69 Å². The number of nitrogens with zero attached hydrogens (tertiary/aromatic N) is 4. The second-order valence-electron chi connectivity index (χ2n) is 6.33. The van der Waals surface area contributed by atoms with Gasteiger partial charge < -0.3 is 14.5 Å². The predicted octanol–water partition coefficient (Wildman–Crippen LogP) is 1.53. The average Bonchev–Trinajstić information content (AvgIpc) is 3.00. The third-order valence-corrected chi connectivity index (χ3v) is 5.48. The van der Waals surface area contributed by atoms with E-state index < -0.39 is 9.84 Å². The van der Waals surface area contributed by atoms with E-state index in [1.165, 1.54) is 6.26 Å². The number of guanidine groups is 1. The van der Waals surface area contributed by atoms with Gasteiger partial charge in [-0.3, -0.25) is 0 Å². The average molecular weight is 364 g/mol. The Bertz CT molecular complexity index is 766. The van der Waals surface area contributed by atoms with Crippen LogP contribution in [0.25, 0.3) is 0 Å². The molecule has 8 heteroatoms. The van der Waals surface area contributed by atoms with Crippen molar-refractivity contribution in [1.82, 2.24) is 9.80 Å². The Morgan fingerprint density at radius 1 is 1.12 bits per heavy atom. The Labute approximate surface area is 148 Å². The second kappa shape index (κ2) is 7.53. The first-order chi connectivity index (χ1) is 11.9. The highest BCUT2D eigenvalue weighted by atomic mass is 32.2. The zero-order valence-electron chi connectivity index (χ0n) is 14.7. The molecular formula is C17H24N4O3S. The first-order valence-electron chi connectivity index (χ1n) is 8.44. The van der Waals surface area contributed by atoms with E-state index in [1.54, 1.807) is 24.3 Å². The number of amidine groups is 1. The van der Waals surface area contributed by atoms with E-state index in [0.29, 0.717) is 29.8 Å². The van der Waals surface area contributed by atoms with Crippen LogP contribution in [-0.4, -0.2) is 76.2 Å². The summed E-state index contributed by atoms with van der Waals surface area (Å²) in [5.41, 5.74) is 0.693. The highest BCUT2D eigenvalue weighted by molar-refractivity contribution is 7.90. The van der Waals surface area contributed by atoms with Crippen LogP contribution in [0, 0.1) is 0 Å². The fraction of sp³-hybridized carbons (Fsp3) is 0.529. The normalized spacial score (nSPS) is 21.2. The summed E-state index contributed by atoms with van der Waals surface area (Å²) in [6.45, 7) is 3.83. The van der Waals surface area contributed by atoms with Gasteiger partial charge in [0.1, 0.15) is 5.84 Å². The summed E-state index contributed by atoms with van der Waals surface area (Å²) in [6, 6.07) is 6.60. The molecular weight excluding hydrogens is 340 g/mol. The van der Waals surface area contributed by atoms with Gasteiger partial charge in [-0.25, -0.2) is 13.4 Å². The molecule has 7 nitrogen and oxygen atoms in total. The number of aliphatic imine (C=N–C) groups is 2. The Morgan fingerprint density at radius 2 is 1.80 bits per heavy atom. The van der Waals surface area contributed by atoms with Crippen molar-refractivity contribution in [3.8, 4) is 0 Å². The molecule has 136 valence electrons. The zero-order valence-corrected chi connectivity index (χ0v) is 15.5. The Morgan fingerprint density at radius 3 is 2.36 bits per heavy atom. The van der Waals surface area contributed by atoms with Gasteiger partial charge in [0.25, 0.3) is 0 Å². The van der Waals surface area contributed by atoms with Gasteiger partial charge in [0, 0.05) is 39.4 Å². The summed E-state index contributed by atoms with van der Waals surface area (Å²) in [5, 5.41) is 0. The summed E-state index contributed by atoms with van der Waals surface area (Å²) < 4.78 is 28.6. The SMILES string of the molecule is CN1CCC/C1=N/C(=N/c1ccc(S(C)(=O)=O)cc1)N1CCOCC1. The van der Waals surface area contributed by atoms with E-state index in [2.05, 4.69) is 14.8 Å². The van der Waals surface area contributed by atoms with E-state index in [1.807, 2.05) is 7.05 Å². The first-order valence-corrected chi connectivity index (χ1v) is 10.3. The van der Waals surface area contributed by atoms with Gasteiger partial charge in [0.2, 0.25) is 5.96 Å². The molecule has 0 radical (unpaired) electrons. The van der Waals surface area contributed by atoms with Crippen LogP contribution in [0.15, 0.2) is 39.1 Å². The summed E-state index contributed by atoms with van der Waals surface area (Å²) in [7, 11) is -1.16. The molecule has 0 aromatic heterocycles. The molecule has 0 atom stereocenters. The number of likely N-dealkylation sites (tertiary alicyclic amines) is 1. The molecule has 2 fully saturated rings. The molecule has 1 aromatic rings. The lowest BCUT2D eigenvalue weighted by Crippen LogP contribution is -2.40. The monoisotopic (exact) mass is 364 g/mol. The zero-order chi connectivity index (χ0) is 17.9. The molecule has 2 aliphatic heterocycles. The molecule has 25 heavy (non-hydrogen) atoms. The van der Waals surface area contributed by atoms with Crippen LogP contribution in [0.5, 0.6) is 0 Å². The third-order valence-electron chi connectivity index (χ3n) is 4.35. The molecule has 3 rings (SSSR count). The second-order valence-corrected chi connectivity index (χ2v) is 8.35. The van der Waals surface area contributed by atoms with Gasteiger partial charge in [-0.05, 0) is 30.7 Å². The molecule has 1 aromatic carbocycles. The number of sulfone groups is 1. The van der Waals surface area contributed by atoms with Crippen molar-refractivity contribution in [1.29, 1.82) is 0 Å². The molecule has 0 N–H and O–H groups in total. The van der Waals surface area contributed by atoms with Gasteiger partial charge in [0.05, 0.1) is 23.8 Å². The van der Waals surface area contributed by atoms with Crippen LogP contribution in [0.2, 0.25) is 0 Å². The number of morpholine rings is 1. The molecule has 0 bridgehead atoms. The van der Waals surface area contributed by atoms with Crippen molar-refractivity contribution < 1.29 is 13.2 Å². The van der Waals surface area contributed by atoms with Gasteiger partial charge >= 0.3 is 0 Å². The first kappa shape index (κ1) is 17.9. The molecule has 0 spiro atoms. The lowest BCUT2D eigenvalue weighted by Gasteiger charge is -2.28. The largest absolute Gasteiger partial charge is 0.378 e. The van der Waals surface area contributed by atoms with E-state index in [0.717, 1.165) is 38.3 Å². The minimum absolute atomic E-state index is 0.293. The number of benzene rings is 1. The molecule has 2 heterocycles. The maximum Gasteiger partial charge on any atom is 0.227 e. The fourth-order valence-corrected chi connectivity index (χ4v) is 3.49. The summed E-state index contributed by atoms with van der Waals surface area (Å²) in [4.78, 5) is 14.0. The van der Waals surface area contributed by atoms with Crippen LogP contribution >= 0.6 is 0 Å². The van der Waals surface area contributed by atoms with Crippen molar-refractivity contribution in [3.63, 3.8) is 0 Å². The standard InChI is InChI=1S/C17H24N4O3S/c1-20-9-3-4-16(20)19-17(21-10-12-24-13-11-21)18-14-5-7-15(8-6-14)25(2,22)23/h5-8H,3-4,9-13H2,1-2H3/b18-17-,19-16-. The minimum Gasteiger partial charge on any atom is -0.378 e. The Balaban J connectivity index is 1.91. The molecule has 0 unspecified atom stereocenters. The summed E-state index contributed by atoms with van der Waals surface area (Å²) in [5.74, 6) is 1.71. The van der Waals surface area contributed by atoms with Crippen LogP contribution in [0.3, 0.4) is 0 Å². The number of ether oxygens (including phenoxy) is 1. The topological polar surface area (TPSA) is 74.6 Å². The van der Waals surface area contributed by atoms with E-state index in [4.69, 9.17) is 9.73 Å². The Hall–Kier alpha value is -1.93. The smallest absolute Gasteiger partial charge is 0.227 e. The maximum atomic E-state index is 11.6. The highest BCUT2D eigenvalue weighted by Crippen LogP contribution is 2.19. The van der Waals surface area contributed by atoms with Gasteiger partial charge in [-0.1, -0.05) is 0 Å². The van der Waals surface area contributed by atoms with Crippen LogP contribution in [0.1, 0.15) is 12.8 Å². The van der Waals surface area contributed by atoms with E-state index >= 15 is 0 Å². The van der Waals surface area contributed by atoms with Gasteiger partial charge in [-0.2, -0.15) is 4.99 Å². The van der Waals surface area contributed by atoms with Crippen molar-refractivity contribution in [2.24, 2.45) is 9.98 Å². The van der Waals surface area contributed by atoms with E-state index in [-0.39, 0.29) is 0 Å². The van der Waals surface area contributed by atoms with Crippen molar-refractivity contribution in [2.45, 2.75) is 17.7 Å². The highest BCUT2D eigenvalue weighted by Gasteiger charge is 2.19. The Kier molecular flexibility index (Phi) is 5.39. The van der Waals surface area contributed by atoms with Gasteiger partial charge in [-0.15, -0.1) is 0 Å². The number of hydrogen-bond acceptors (Lipinski definition) is 4. The number of hydrogen-bond donors (Lipinski definition) is 0. The molecule has 0 saturated carbocycles.